The molecule has 0 saturated heterocycles. The van der Waals surface area contributed by atoms with Crippen molar-refractivity contribution < 1.29 is 0 Å². The molecule has 0 aliphatic heterocycles. The number of pyridine rings is 1. The number of thiophene rings is 1. The fraction of sp³-hybridized carbons (Fsp3) is 0.0500. The van der Waals surface area contributed by atoms with Crippen LogP contribution in [0.25, 0.3) is 10.6 Å². The summed E-state index contributed by atoms with van der Waals surface area (Å²) in [5, 5.41) is 8.86. The largest absolute Gasteiger partial charge is 0.264 e. The Bertz CT molecular complexity index is 1050. The van der Waals surface area contributed by atoms with E-state index in [9.17, 15) is 0 Å². The van der Waals surface area contributed by atoms with Crippen LogP contribution in [0.5, 0.6) is 0 Å². The predicted molar refractivity (Wildman–Crippen MR) is 109 cm³/mol. The molecule has 0 amide bonds. The summed E-state index contributed by atoms with van der Waals surface area (Å²) in [5.41, 5.74) is 3.19. The molecule has 0 radical (unpaired) electrons. The van der Waals surface area contributed by atoms with Crippen LogP contribution in [-0.4, -0.2) is 15.9 Å². The smallest absolute Gasteiger partial charge is 0.206 e. The molecule has 0 N–H and O–H groups in total. The van der Waals surface area contributed by atoms with Crippen molar-refractivity contribution in [2.24, 2.45) is 10.1 Å². The van der Waals surface area contributed by atoms with Gasteiger partial charge in [0.2, 0.25) is 4.80 Å². The minimum absolute atomic E-state index is 0.633. The van der Waals surface area contributed by atoms with Gasteiger partial charge >= 0.3 is 0 Å². The lowest BCUT2D eigenvalue weighted by molar-refractivity contribution is 0.825. The molecule has 0 spiro atoms. The summed E-state index contributed by atoms with van der Waals surface area (Å²) in [7, 11) is 0. The first-order valence-electron chi connectivity index (χ1n) is 8.13. The second kappa shape index (κ2) is 8.03. The summed E-state index contributed by atoms with van der Waals surface area (Å²) in [4.78, 5) is 11.0. The Balaban J connectivity index is 1.73. The summed E-state index contributed by atoms with van der Waals surface area (Å²) < 4.78 is 1.91. The van der Waals surface area contributed by atoms with Gasteiger partial charge in [-0.1, -0.05) is 42.5 Å². The lowest BCUT2D eigenvalue weighted by Gasteiger charge is -2.01. The fourth-order valence-corrected chi connectivity index (χ4v) is 4.06. The molecule has 3 aromatic heterocycles. The fourth-order valence-electron chi connectivity index (χ4n) is 2.43. The molecular weight excluding hydrogens is 360 g/mol. The molecule has 0 unspecified atom stereocenters. The molecule has 4 nitrogen and oxygen atoms in total. The molecule has 4 aromatic rings. The van der Waals surface area contributed by atoms with Gasteiger partial charge in [-0.05, 0) is 23.1 Å². The van der Waals surface area contributed by atoms with Gasteiger partial charge in [-0.3, -0.25) is 9.98 Å². The monoisotopic (exact) mass is 376 g/mol. The third-order valence-corrected chi connectivity index (χ3v) is 5.45. The minimum atomic E-state index is 0.633. The van der Waals surface area contributed by atoms with Gasteiger partial charge in [0.05, 0.1) is 23.3 Å². The van der Waals surface area contributed by atoms with Crippen molar-refractivity contribution in [2.45, 2.75) is 6.54 Å². The van der Waals surface area contributed by atoms with E-state index in [2.05, 4.69) is 39.0 Å². The van der Waals surface area contributed by atoms with Gasteiger partial charge in [-0.15, -0.1) is 22.7 Å². The second-order valence-electron chi connectivity index (χ2n) is 5.53. The molecule has 3 heterocycles. The third-order valence-electron chi connectivity index (χ3n) is 3.71. The zero-order valence-corrected chi connectivity index (χ0v) is 15.5. The van der Waals surface area contributed by atoms with Gasteiger partial charge in [0, 0.05) is 23.3 Å². The van der Waals surface area contributed by atoms with Crippen molar-refractivity contribution in [3.8, 4) is 10.6 Å². The summed E-state index contributed by atoms with van der Waals surface area (Å²) in [6, 6.07) is 18.3. The van der Waals surface area contributed by atoms with Crippen molar-refractivity contribution in [1.82, 2.24) is 9.66 Å². The van der Waals surface area contributed by atoms with Crippen molar-refractivity contribution in [3.05, 3.63) is 93.7 Å². The topological polar surface area (TPSA) is 42.5 Å². The predicted octanol–water partition coefficient (Wildman–Crippen LogP) is 4.66. The maximum atomic E-state index is 4.78. The first-order valence-corrected chi connectivity index (χ1v) is 9.89. The normalized spacial score (nSPS) is 12.1. The van der Waals surface area contributed by atoms with Gasteiger partial charge in [-0.2, -0.15) is 5.10 Å². The van der Waals surface area contributed by atoms with Crippen molar-refractivity contribution in [3.63, 3.8) is 0 Å². The van der Waals surface area contributed by atoms with Crippen LogP contribution in [0.3, 0.4) is 0 Å². The van der Waals surface area contributed by atoms with Gasteiger partial charge in [-0.25, -0.2) is 4.68 Å². The van der Waals surface area contributed by atoms with Crippen LogP contribution in [0, 0.1) is 0 Å². The minimum Gasteiger partial charge on any atom is -0.264 e. The van der Waals surface area contributed by atoms with E-state index >= 15 is 0 Å². The molecule has 0 aliphatic rings. The summed E-state index contributed by atoms with van der Waals surface area (Å²) >= 11 is 3.30. The first-order chi connectivity index (χ1) is 12.9. The van der Waals surface area contributed by atoms with Crippen LogP contribution in [-0.2, 0) is 6.54 Å². The molecule has 6 heteroatoms. The highest BCUT2D eigenvalue weighted by Crippen LogP contribution is 2.25. The number of hydrogen-bond donors (Lipinski definition) is 0. The van der Waals surface area contributed by atoms with Gasteiger partial charge in [0.1, 0.15) is 0 Å². The maximum absolute atomic E-state index is 4.78. The van der Waals surface area contributed by atoms with Crippen LogP contribution in [0.15, 0.2) is 87.8 Å². The van der Waals surface area contributed by atoms with E-state index in [4.69, 9.17) is 4.99 Å². The zero-order valence-electron chi connectivity index (χ0n) is 13.9. The summed E-state index contributed by atoms with van der Waals surface area (Å²) in [6.07, 6.45) is 5.37. The van der Waals surface area contributed by atoms with Crippen LogP contribution >= 0.6 is 22.7 Å². The third kappa shape index (κ3) is 3.87. The average molecular weight is 377 g/mol. The van der Waals surface area contributed by atoms with Crippen molar-refractivity contribution >= 4 is 28.9 Å². The number of nitrogens with zero attached hydrogens (tertiary/aromatic N) is 4. The van der Waals surface area contributed by atoms with Crippen LogP contribution in [0.2, 0.25) is 0 Å². The standard InChI is InChI=1S/C20H16N4S2/c1-2-6-16(7-3-1)13-22-20-24(23-14-17-8-4-10-21-12-17)18(15-26-20)19-9-5-11-25-19/h1-12,14-15H,13H2. The van der Waals surface area contributed by atoms with E-state index in [0.29, 0.717) is 6.54 Å². The molecule has 128 valence electrons. The number of thiazole rings is 1. The molecule has 0 aliphatic carbocycles. The first kappa shape index (κ1) is 16.6. The van der Waals surface area contributed by atoms with Crippen molar-refractivity contribution in [2.75, 3.05) is 0 Å². The Morgan fingerprint density at radius 2 is 1.92 bits per heavy atom. The Hall–Kier alpha value is -2.83. The van der Waals surface area contributed by atoms with E-state index in [-0.39, 0.29) is 0 Å². The van der Waals surface area contributed by atoms with Gasteiger partial charge in [0.25, 0.3) is 0 Å². The average Bonchev–Trinajstić information content (AvgIpc) is 3.36. The SMILES string of the molecule is C(=Nn1c(-c2cccs2)csc1=NCc1ccccc1)c1cccnc1. The number of benzene rings is 1. The maximum Gasteiger partial charge on any atom is 0.206 e. The molecular formula is C20H16N4S2. The zero-order chi connectivity index (χ0) is 17.6. The highest BCUT2D eigenvalue weighted by molar-refractivity contribution is 7.14. The van der Waals surface area contributed by atoms with Crippen LogP contribution in [0.4, 0.5) is 0 Å². The molecule has 1 aromatic carbocycles. The highest BCUT2D eigenvalue weighted by atomic mass is 32.1. The molecule has 0 saturated carbocycles. The second-order valence-corrected chi connectivity index (χ2v) is 7.31. The van der Waals surface area contributed by atoms with Gasteiger partial charge < -0.3 is 0 Å². The Labute approximate surface area is 159 Å². The number of rotatable bonds is 5. The number of aromatic nitrogens is 2. The van der Waals surface area contributed by atoms with E-state index in [1.54, 1.807) is 35.1 Å². The molecule has 4 rings (SSSR count). The van der Waals surface area contributed by atoms with E-state index in [0.717, 1.165) is 16.1 Å². The quantitative estimate of drug-likeness (QED) is 0.467. The molecule has 0 fully saturated rings. The van der Waals surface area contributed by atoms with Gasteiger partial charge in [0.15, 0.2) is 0 Å². The lowest BCUT2D eigenvalue weighted by Crippen LogP contribution is -2.12. The van der Waals surface area contributed by atoms with E-state index < -0.39 is 0 Å². The van der Waals surface area contributed by atoms with E-state index in [1.165, 1.54) is 10.4 Å². The summed E-state index contributed by atoms with van der Waals surface area (Å²) in [6.45, 7) is 0.633. The van der Waals surface area contributed by atoms with Crippen LogP contribution in [0.1, 0.15) is 11.1 Å². The number of hydrogen-bond acceptors (Lipinski definition) is 5. The van der Waals surface area contributed by atoms with Crippen molar-refractivity contribution in [1.29, 1.82) is 0 Å². The molecule has 26 heavy (non-hydrogen) atoms. The Kier molecular flexibility index (Phi) is 5.14. The van der Waals surface area contributed by atoms with Crippen LogP contribution < -0.4 is 4.80 Å². The Morgan fingerprint density at radius 1 is 1.00 bits per heavy atom. The molecule has 0 atom stereocenters. The Morgan fingerprint density at radius 3 is 2.69 bits per heavy atom. The summed E-state index contributed by atoms with van der Waals surface area (Å²) in [5.74, 6) is 0. The molecule has 0 bridgehead atoms. The highest BCUT2D eigenvalue weighted by Gasteiger charge is 2.08. The lowest BCUT2D eigenvalue weighted by atomic mass is 10.2. The van der Waals surface area contributed by atoms with E-state index in [1.807, 2.05) is 47.3 Å².